The summed E-state index contributed by atoms with van der Waals surface area (Å²) in [5.41, 5.74) is 0.865. The number of hydrogen-bond donors (Lipinski definition) is 0. The molecule has 3 amide bonds. The maximum atomic E-state index is 12.3. The Morgan fingerprint density at radius 2 is 1.79 bits per heavy atom. The molecule has 2 aromatic rings. The molecule has 0 aliphatic carbocycles. The zero-order valence-electron chi connectivity index (χ0n) is 15.0. The Morgan fingerprint density at radius 1 is 1.11 bits per heavy atom. The fraction of sp³-hybridized carbons (Fsp3) is 0.300. The van der Waals surface area contributed by atoms with E-state index in [-0.39, 0.29) is 36.8 Å². The van der Waals surface area contributed by atoms with Crippen LogP contribution in [0.1, 0.15) is 33.6 Å². The summed E-state index contributed by atoms with van der Waals surface area (Å²) in [6.45, 7) is 1.26. The predicted octanol–water partition coefficient (Wildman–Crippen LogP) is 2.51. The smallest absolute Gasteiger partial charge is 0.261 e. The van der Waals surface area contributed by atoms with Gasteiger partial charge < -0.3 is 9.64 Å². The van der Waals surface area contributed by atoms with Gasteiger partial charge in [0.15, 0.2) is 0 Å². The second-order valence-electron chi connectivity index (χ2n) is 6.74. The molecule has 0 unspecified atom stereocenters. The molecule has 144 valence electrons. The molecule has 0 bridgehead atoms. The predicted molar refractivity (Wildman–Crippen MR) is 104 cm³/mol. The highest BCUT2D eigenvalue weighted by molar-refractivity contribution is 9.10. The lowest BCUT2D eigenvalue weighted by Gasteiger charge is -2.38. The average molecular weight is 444 g/mol. The summed E-state index contributed by atoms with van der Waals surface area (Å²) in [5.74, 6) is -0.0560. The first kappa shape index (κ1) is 18.6. The highest BCUT2D eigenvalue weighted by atomic mass is 79.9. The van der Waals surface area contributed by atoms with Crippen molar-refractivity contribution in [2.24, 2.45) is 0 Å². The van der Waals surface area contributed by atoms with E-state index < -0.39 is 0 Å². The molecule has 1 aromatic carbocycles. The Kier molecular flexibility index (Phi) is 5.13. The first-order chi connectivity index (χ1) is 13.5. The van der Waals surface area contributed by atoms with E-state index in [9.17, 15) is 14.4 Å². The summed E-state index contributed by atoms with van der Waals surface area (Å²) >= 11 is 3.38. The molecule has 3 heterocycles. The van der Waals surface area contributed by atoms with Crippen molar-refractivity contribution in [1.82, 2.24) is 14.8 Å². The fourth-order valence-electron chi connectivity index (χ4n) is 3.32. The van der Waals surface area contributed by atoms with Gasteiger partial charge in [-0.2, -0.15) is 0 Å². The lowest BCUT2D eigenvalue weighted by atomic mass is 10.1. The van der Waals surface area contributed by atoms with Gasteiger partial charge in [0.05, 0.1) is 28.7 Å². The Hall–Kier alpha value is -2.74. The van der Waals surface area contributed by atoms with Crippen LogP contribution in [0.15, 0.2) is 47.1 Å². The number of nitrogens with zero attached hydrogens (tertiary/aromatic N) is 3. The molecule has 28 heavy (non-hydrogen) atoms. The number of aromatic nitrogens is 1. The number of likely N-dealkylation sites (tertiary alicyclic amines) is 1. The number of fused-ring (bicyclic) bond motifs is 1. The standard InChI is InChI=1S/C20H18BrN3O4/c21-16-7-3-9-22-18(16)28-13-11-23(12-13)17(25)8-4-10-24-19(26)14-5-1-2-6-15(14)20(24)27/h1-3,5-7,9,13H,4,8,10-12H2. The number of carbonyl (C=O) groups excluding carboxylic acids is 3. The quantitative estimate of drug-likeness (QED) is 0.640. The van der Waals surface area contributed by atoms with Crippen LogP contribution < -0.4 is 4.74 Å². The van der Waals surface area contributed by atoms with E-state index in [0.29, 0.717) is 36.5 Å². The van der Waals surface area contributed by atoms with Gasteiger partial charge in [-0.05, 0) is 46.6 Å². The van der Waals surface area contributed by atoms with Crippen LogP contribution in [0.3, 0.4) is 0 Å². The maximum absolute atomic E-state index is 12.3. The van der Waals surface area contributed by atoms with Crippen molar-refractivity contribution in [1.29, 1.82) is 0 Å². The minimum absolute atomic E-state index is 0.00320. The van der Waals surface area contributed by atoms with Gasteiger partial charge in [0.2, 0.25) is 11.8 Å². The van der Waals surface area contributed by atoms with Gasteiger partial charge in [-0.15, -0.1) is 0 Å². The van der Waals surface area contributed by atoms with Gasteiger partial charge in [0.1, 0.15) is 6.10 Å². The molecule has 0 atom stereocenters. The van der Waals surface area contributed by atoms with E-state index >= 15 is 0 Å². The van der Waals surface area contributed by atoms with E-state index in [4.69, 9.17) is 4.74 Å². The second-order valence-corrected chi connectivity index (χ2v) is 7.59. The first-order valence-electron chi connectivity index (χ1n) is 9.05. The molecule has 8 heteroatoms. The lowest BCUT2D eigenvalue weighted by molar-refractivity contribution is -0.140. The number of imide groups is 1. The molecule has 0 saturated carbocycles. The highest BCUT2D eigenvalue weighted by Crippen LogP contribution is 2.25. The van der Waals surface area contributed by atoms with Gasteiger partial charge in [0, 0.05) is 19.2 Å². The van der Waals surface area contributed by atoms with Crippen LogP contribution >= 0.6 is 15.9 Å². The third-order valence-electron chi connectivity index (χ3n) is 4.85. The van der Waals surface area contributed by atoms with Crippen LogP contribution in [0.5, 0.6) is 5.88 Å². The number of ether oxygens (including phenoxy) is 1. The molecule has 7 nitrogen and oxygen atoms in total. The summed E-state index contributed by atoms with van der Waals surface area (Å²) in [7, 11) is 0. The van der Waals surface area contributed by atoms with Crippen LogP contribution in [0.2, 0.25) is 0 Å². The molecule has 2 aliphatic rings. The van der Waals surface area contributed by atoms with Gasteiger partial charge in [-0.3, -0.25) is 19.3 Å². The first-order valence-corrected chi connectivity index (χ1v) is 9.84. The molecule has 0 N–H and O–H groups in total. The largest absolute Gasteiger partial charge is 0.470 e. The summed E-state index contributed by atoms with van der Waals surface area (Å²) in [4.78, 5) is 44.0. The van der Waals surface area contributed by atoms with E-state index in [1.165, 1.54) is 4.90 Å². The highest BCUT2D eigenvalue weighted by Gasteiger charge is 2.36. The number of halogens is 1. The van der Waals surface area contributed by atoms with Crippen molar-refractivity contribution in [2.45, 2.75) is 18.9 Å². The van der Waals surface area contributed by atoms with Crippen LogP contribution in [-0.4, -0.2) is 58.2 Å². The van der Waals surface area contributed by atoms with Gasteiger partial charge in [-0.1, -0.05) is 12.1 Å². The summed E-state index contributed by atoms with van der Waals surface area (Å²) in [6.07, 6.45) is 2.30. The number of benzene rings is 1. The Morgan fingerprint density at radius 3 is 2.43 bits per heavy atom. The number of pyridine rings is 1. The van der Waals surface area contributed by atoms with E-state index in [1.807, 2.05) is 12.1 Å². The summed E-state index contributed by atoms with van der Waals surface area (Å²) in [5, 5.41) is 0. The molecule has 4 rings (SSSR count). The number of carbonyl (C=O) groups is 3. The molecular weight excluding hydrogens is 426 g/mol. The Labute approximate surface area is 170 Å². The normalized spacial score (nSPS) is 16.2. The molecule has 0 radical (unpaired) electrons. The van der Waals surface area contributed by atoms with Gasteiger partial charge in [0.25, 0.3) is 11.8 Å². The Bertz CT molecular complexity index is 908. The molecule has 1 fully saturated rings. The molecule has 1 saturated heterocycles. The van der Waals surface area contributed by atoms with Gasteiger partial charge in [-0.25, -0.2) is 4.98 Å². The number of rotatable bonds is 6. The SMILES string of the molecule is O=C(CCCN1C(=O)c2ccccc2C1=O)N1CC(Oc2ncccc2Br)C1. The van der Waals surface area contributed by atoms with E-state index in [1.54, 1.807) is 35.4 Å². The average Bonchev–Trinajstić information content (AvgIpc) is 2.90. The minimum Gasteiger partial charge on any atom is -0.470 e. The lowest BCUT2D eigenvalue weighted by Crippen LogP contribution is -2.56. The van der Waals surface area contributed by atoms with Crippen molar-refractivity contribution in [3.05, 3.63) is 58.2 Å². The van der Waals surface area contributed by atoms with Crippen LogP contribution in [-0.2, 0) is 4.79 Å². The van der Waals surface area contributed by atoms with E-state index in [0.717, 1.165) is 4.47 Å². The van der Waals surface area contributed by atoms with Crippen LogP contribution in [0.4, 0.5) is 0 Å². The summed E-state index contributed by atoms with van der Waals surface area (Å²) in [6, 6.07) is 10.4. The van der Waals surface area contributed by atoms with Crippen molar-refractivity contribution in [3.63, 3.8) is 0 Å². The minimum atomic E-state index is -0.286. The van der Waals surface area contributed by atoms with Crippen LogP contribution in [0.25, 0.3) is 0 Å². The zero-order chi connectivity index (χ0) is 19.7. The topological polar surface area (TPSA) is 79.8 Å². The molecule has 2 aliphatic heterocycles. The zero-order valence-corrected chi connectivity index (χ0v) is 16.6. The fourth-order valence-corrected chi connectivity index (χ4v) is 3.67. The van der Waals surface area contributed by atoms with Crippen molar-refractivity contribution >= 4 is 33.7 Å². The monoisotopic (exact) mass is 443 g/mol. The van der Waals surface area contributed by atoms with Gasteiger partial charge >= 0.3 is 0 Å². The Balaban J connectivity index is 1.22. The van der Waals surface area contributed by atoms with Crippen molar-refractivity contribution in [3.8, 4) is 5.88 Å². The van der Waals surface area contributed by atoms with Crippen molar-refractivity contribution < 1.29 is 19.1 Å². The number of amides is 3. The molecule has 1 aromatic heterocycles. The van der Waals surface area contributed by atoms with Crippen LogP contribution in [0, 0.1) is 0 Å². The third-order valence-corrected chi connectivity index (χ3v) is 5.46. The maximum Gasteiger partial charge on any atom is 0.261 e. The molecule has 0 spiro atoms. The molecular formula is C20H18BrN3O4. The summed E-state index contributed by atoms with van der Waals surface area (Å²) < 4.78 is 6.54. The third kappa shape index (κ3) is 3.52. The van der Waals surface area contributed by atoms with E-state index in [2.05, 4.69) is 20.9 Å². The second kappa shape index (κ2) is 7.71. The number of hydrogen-bond acceptors (Lipinski definition) is 5. The van der Waals surface area contributed by atoms with Crippen molar-refractivity contribution in [2.75, 3.05) is 19.6 Å².